The molecule has 0 saturated carbocycles. The lowest BCUT2D eigenvalue weighted by Gasteiger charge is -2.36. The van der Waals surface area contributed by atoms with Crippen molar-refractivity contribution in [1.29, 1.82) is 0 Å². The fraction of sp³-hybridized carbons (Fsp3) is 0.733. The zero-order valence-electron chi connectivity index (χ0n) is 12.9. The first-order valence-corrected chi connectivity index (χ1v) is 7.27. The third-order valence-corrected chi connectivity index (χ3v) is 3.82. The number of ether oxygens (including phenoxy) is 2. The van der Waals surface area contributed by atoms with Crippen LogP contribution in [0.5, 0.6) is 0 Å². The van der Waals surface area contributed by atoms with Gasteiger partial charge in [0.15, 0.2) is 0 Å². The molecule has 0 radical (unpaired) electrons. The first kappa shape index (κ1) is 15.2. The number of methoxy groups -OCH3 is 1. The molecule has 0 aliphatic carbocycles. The number of aromatic nitrogens is 2. The van der Waals surface area contributed by atoms with Crippen molar-refractivity contribution in [3.05, 3.63) is 17.6 Å². The second kappa shape index (κ2) is 6.50. The highest BCUT2D eigenvalue weighted by Crippen LogP contribution is 2.25. The minimum atomic E-state index is -0.144. The molecule has 0 unspecified atom stereocenters. The first-order valence-electron chi connectivity index (χ1n) is 7.27. The average Bonchev–Trinajstić information content (AvgIpc) is 2.45. The third-order valence-electron chi connectivity index (χ3n) is 3.82. The Bertz CT molecular complexity index is 443. The topological polar surface area (TPSA) is 56.3 Å². The van der Waals surface area contributed by atoms with Crippen molar-refractivity contribution < 1.29 is 9.47 Å². The van der Waals surface area contributed by atoms with Gasteiger partial charge in [0.1, 0.15) is 11.6 Å². The highest BCUT2D eigenvalue weighted by atomic mass is 16.5. The molecule has 0 aromatic carbocycles. The quantitative estimate of drug-likeness (QED) is 0.897. The van der Waals surface area contributed by atoms with Crippen LogP contribution in [0.2, 0.25) is 0 Å². The molecular weight excluding hydrogens is 254 g/mol. The molecular formula is C15H25N3O2. The Morgan fingerprint density at radius 3 is 2.65 bits per heavy atom. The SMILES string of the molecule is COC1(CNc2cc(C)nc(C(C)C)n2)CCOCC1. The molecule has 0 bridgehead atoms. The van der Waals surface area contributed by atoms with E-state index in [0.29, 0.717) is 5.92 Å². The van der Waals surface area contributed by atoms with E-state index in [1.807, 2.05) is 13.0 Å². The van der Waals surface area contributed by atoms with E-state index in [9.17, 15) is 0 Å². The minimum Gasteiger partial charge on any atom is -0.381 e. The number of nitrogens with one attached hydrogen (secondary N) is 1. The Labute approximate surface area is 121 Å². The van der Waals surface area contributed by atoms with E-state index < -0.39 is 0 Å². The lowest BCUT2D eigenvalue weighted by molar-refractivity contribution is -0.0807. The summed E-state index contributed by atoms with van der Waals surface area (Å²) in [4.78, 5) is 9.04. The largest absolute Gasteiger partial charge is 0.381 e. The predicted molar refractivity (Wildman–Crippen MR) is 79.1 cm³/mol. The normalized spacial score (nSPS) is 18.2. The molecule has 1 aromatic rings. The summed E-state index contributed by atoms with van der Waals surface area (Å²) in [6.45, 7) is 8.48. The maximum atomic E-state index is 5.72. The van der Waals surface area contributed by atoms with Crippen LogP contribution in [0.4, 0.5) is 5.82 Å². The van der Waals surface area contributed by atoms with E-state index in [-0.39, 0.29) is 5.60 Å². The van der Waals surface area contributed by atoms with Crippen LogP contribution in [0.3, 0.4) is 0 Å². The number of anilines is 1. The summed E-state index contributed by atoms with van der Waals surface area (Å²) < 4.78 is 11.1. The summed E-state index contributed by atoms with van der Waals surface area (Å²) in [7, 11) is 1.78. The van der Waals surface area contributed by atoms with E-state index in [1.54, 1.807) is 7.11 Å². The summed E-state index contributed by atoms with van der Waals surface area (Å²) in [5.74, 6) is 2.09. The van der Waals surface area contributed by atoms with Crippen LogP contribution >= 0.6 is 0 Å². The minimum absolute atomic E-state index is 0.144. The van der Waals surface area contributed by atoms with Crippen molar-refractivity contribution in [3.8, 4) is 0 Å². The van der Waals surface area contributed by atoms with Gasteiger partial charge in [0.2, 0.25) is 0 Å². The zero-order valence-corrected chi connectivity index (χ0v) is 12.9. The van der Waals surface area contributed by atoms with Gasteiger partial charge in [0, 0.05) is 57.4 Å². The van der Waals surface area contributed by atoms with Crippen molar-refractivity contribution in [2.24, 2.45) is 0 Å². The van der Waals surface area contributed by atoms with Crippen LogP contribution in [0, 0.1) is 6.92 Å². The van der Waals surface area contributed by atoms with E-state index in [1.165, 1.54) is 0 Å². The monoisotopic (exact) mass is 279 g/mol. The molecule has 2 rings (SSSR count). The second-order valence-electron chi connectivity index (χ2n) is 5.76. The van der Waals surface area contributed by atoms with Crippen LogP contribution < -0.4 is 5.32 Å². The van der Waals surface area contributed by atoms with Crippen LogP contribution in [-0.4, -0.2) is 42.4 Å². The maximum absolute atomic E-state index is 5.72. The predicted octanol–water partition coefficient (Wildman–Crippen LogP) is 2.52. The lowest BCUT2D eigenvalue weighted by atomic mass is 9.94. The third kappa shape index (κ3) is 3.67. The summed E-state index contributed by atoms with van der Waals surface area (Å²) >= 11 is 0. The zero-order chi connectivity index (χ0) is 14.6. The fourth-order valence-electron chi connectivity index (χ4n) is 2.39. The molecule has 1 saturated heterocycles. The van der Waals surface area contributed by atoms with Gasteiger partial charge in [-0.05, 0) is 6.92 Å². The van der Waals surface area contributed by atoms with Gasteiger partial charge in [-0.15, -0.1) is 0 Å². The Kier molecular flexibility index (Phi) is 4.94. The van der Waals surface area contributed by atoms with Crippen molar-refractivity contribution in [2.75, 3.05) is 32.2 Å². The molecule has 2 heterocycles. The van der Waals surface area contributed by atoms with Gasteiger partial charge in [-0.25, -0.2) is 9.97 Å². The molecule has 5 heteroatoms. The summed E-state index contributed by atoms with van der Waals surface area (Å²) in [5.41, 5.74) is 0.847. The summed E-state index contributed by atoms with van der Waals surface area (Å²) in [6, 6.07) is 1.98. The molecule has 5 nitrogen and oxygen atoms in total. The van der Waals surface area contributed by atoms with Crippen LogP contribution in [0.1, 0.15) is 44.1 Å². The highest BCUT2D eigenvalue weighted by Gasteiger charge is 2.32. The van der Waals surface area contributed by atoms with Crippen LogP contribution in [0.25, 0.3) is 0 Å². The molecule has 1 aliphatic rings. The van der Waals surface area contributed by atoms with E-state index >= 15 is 0 Å². The van der Waals surface area contributed by atoms with Crippen LogP contribution in [0.15, 0.2) is 6.07 Å². The van der Waals surface area contributed by atoms with Gasteiger partial charge in [-0.3, -0.25) is 0 Å². The maximum Gasteiger partial charge on any atom is 0.133 e. The lowest BCUT2D eigenvalue weighted by Crippen LogP contribution is -2.44. The Morgan fingerprint density at radius 1 is 1.35 bits per heavy atom. The average molecular weight is 279 g/mol. The van der Waals surface area contributed by atoms with E-state index in [2.05, 4.69) is 29.1 Å². The van der Waals surface area contributed by atoms with E-state index in [0.717, 1.165) is 49.9 Å². The first-order chi connectivity index (χ1) is 9.54. The summed E-state index contributed by atoms with van der Waals surface area (Å²) in [6.07, 6.45) is 1.83. The Balaban J connectivity index is 2.06. The smallest absolute Gasteiger partial charge is 0.133 e. The highest BCUT2D eigenvalue weighted by molar-refractivity contribution is 5.36. The van der Waals surface area contributed by atoms with Crippen molar-refractivity contribution in [2.45, 2.75) is 45.1 Å². The number of aryl methyl sites for hydroxylation is 1. The van der Waals surface area contributed by atoms with E-state index in [4.69, 9.17) is 9.47 Å². The standard InChI is InChI=1S/C15H25N3O2/c1-11(2)14-17-12(3)9-13(18-14)16-10-15(19-4)5-7-20-8-6-15/h9,11H,5-8,10H2,1-4H3,(H,16,17,18). The number of hydrogen-bond acceptors (Lipinski definition) is 5. The second-order valence-corrected chi connectivity index (χ2v) is 5.76. The molecule has 0 amide bonds. The number of rotatable bonds is 5. The van der Waals surface area contributed by atoms with Gasteiger partial charge in [0.25, 0.3) is 0 Å². The molecule has 112 valence electrons. The molecule has 0 atom stereocenters. The van der Waals surface area contributed by atoms with Crippen molar-refractivity contribution >= 4 is 5.82 Å². The molecule has 1 fully saturated rings. The Hall–Kier alpha value is -1.20. The van der Waals surface area contributed by atoms with Gasteiger partial charge in [-0.1, -0.05) is 13.8 Å². The van der Waals surface area contributed by atoms with Crippen LogP contribution in [-0.2, 0) is 9.47 Å². The van der Waals surface area contributed by atoms with Crippen molar-refractivity contribution in [1.82, 2.24) is 9.97 Å². The Morgan fingerprint density at radius 2 is 2.05 bits per heavy atom. The molecule has 1 N–H and O–H groups in total. The number of nitrogens with zero attached hydrogens (tertiary/aromatic N) is 2. The van der Waals surface area contributed by atoms with Gasteiger partial charge >= 0.3 is 0 Å². The molecule has 1 aromatic heterocycles. The van der Waals surface area contributed by atoms with Crippen molar-refractivity contribution in [3.63, 3.8) is 0 Å². The fourth-order valence-corrected chi connectivity index (χ4v) is 2.39. The molecule has 1 aliphatic heterocycles. The molecule has 0 spiro atoms. The number of hydrogen-bond donors (Lipinski definition) is 1. The van der Waals surface area contributed by atoms with Gasteiger partial charge < -0.3 is 14.8 Å². The van der Waals surface area contributed by atoms with Gasteiger partial charge in [0.05, 0.1) is 5.60 Å². The molecule has 20 heavy (non-hydrogen) atoms. The van der Waals surface area contributed by atoms with Gasteiger partial charge in [-0.2, -0.15) is 0 Å². The summed E-state index contributed by atoms with van der Waals surface area (Å²) in [5, 5.41) is 3.41.